The summed E-state index contributed by atoms with van der Waals surface area (Å²) in [6.45, 7) is 0.739. The van der Waals surface area contributed by atoms with Crippen LogP contribution in [-0.4, -0.2) is 41.2 Å². The molecule has 0 unspecified atom stereocenters. The summed E-state index contributed by atoms with van der Waals surface area (Å²) in [6, 6.07) is 11.2. The molecule has 7 nitrogen and oxygen atoms in total. The van der Waals surface area contributed by atoms with Crippen molar-refractivity contribution in [1.82, 2.24) is 9.80 Å². The van der Waals surface area contributed by atoms with Crippen LogP contribution in [-0.2, 0) is 9.59 Å². The molecule has 0 bridgehead atoms. The number of nitrogens with zero attached hydrogens (tertiary/aromatic N) is 5. The van der Waals surface area contributed by atoms with Crippen LogP contribution in [0.25, 0.3) is 0 Å². The van der Waals surface area contributed by atoms with Crippen LogP contribution in [0.4, 0.5) is 5.69 Å². The highest BCUT2D eigenvalue weighted by Gasteiger charge is 2.60. The zero-order valence-corrected chi connectivity index (χ0v) is 13.8. The summed E-state index contributed by atoms with van der Waals surface area (Å²) in [6.07, 6.45) is 1.79. The van der Waals surface area contributed by atoms with Gasteiger partial charge in [-0.15, -0.1) is 10.2 Å². The first-order chi connectivity index (χ1) is 12.1. The third-order valence-corrected chi connectivity index (χ3v) is 5.26. The van der Waals surface area contributed by atoms with Gasteiger partial charge in [-0.3, -0.25) is 14.5 Å². The van der Waals surface area contributed by atoms with Crippen LogP contribution in [0.5, 0.6) is 0 Å². The van der Waals surface area contributed by atoms with Gasteiger partial charge in [-0.1, -0.05) is 18.2 Å². The van der Waals surface area contributed by atoms with Gasteiger partial charge >= 0.3 is 0 Å². The van der Waals surface area contributed by atoms with Gasteiger partial charge in [0.25, 0.3) is 0 Å². The summed E-state index contributed by atoms with van der Waals surface area (Å²) in [4.78, 5) is 28.3. The first-order valence-electron chi connectivity index (χ1n) is 8.32. The third-order valence-electron chi connectivity index (χ3n) is 5.26. The Labute approximate surface area is 145 Å². The molecule has 0 N–H and O–H groups in total. The number of amides is 2. The van der Waals surface area contributed by atoms with Crippen molar-refractivity contribution >= 4 is 17.5 Å². The molecule has 0 aromatic heterocycles. The summed E-state index contributed by atoms with van der Waals surface area (Å²) < 4.78 is 0. The van der Waals surface area contributed by atoms with Crippen molar-refractivity contribution < 1.29 is 9.59 Å². The third kappa shape index (κ3) is 2.25. The number of likely N-dealkylation sites (tertiary alicyclic amines) is 1. The smallest absolute Gasteiger partial charge is 0.238 e. The fourth-order valence-electron chi connectivity index (χ4n) is 4.17. The minimum Gasteiger partial charge on any atom is -0.368 e. The molecule has 0 aliphatic carbocycles. The van der Waals surface area contributed by atoms with E-state index in [0.29, 0.717) is 11.4 Å². The van der Waals surface area contributed by atoms with Gasteiger partial charge in [-0.05, 0) is 25.0 Å². The monoisotopic (exact) mass is 335 g/mol. The van der Waals surface area contributed by atoms with Gasteiger partial charge in [-0.2, -0.15) is 5.26 Å². The number of carbonyl (C=O) groups is 2. The average Bonchev–Trinajstić information content (AvgIpc) is 3.27. The van der Waals surface area contributed by atoms with E-state index in [-0.39, 0.29) is 23.6 Å². The van der Waals surface area contributed by atoms with E-state index in [4.69, 9.17) is 0 Å². The maximum absolute atomic E-state index is 12.6. The molecule has 0 spiro atoms. The van der Waals surface area contributed by atoms with E-state index >= 15 is 0 Å². The van der Waals surface area contributed by atoms with Crippen LogP contribution < -0.4 is 0 Å². The number of benzene rings is 1. The molecule has 3 heterocycles. The number of hydrogen-bond donors (Lipinski definition) is 0. The molecule has 4 rings (SSSR count). The van der Waals surface area contributed by atoms with Crippen molar-refractivity contribution in [2.24, 2.45) is 22.1 Å². The number of carbonyl (C=O) groups excluding carboxylic acids is 2. The molecular weight excluding hydrogens is 318 g/mol. The number of azo groups is 1. The van der Waals surface area contributed by atoms with E-state index in [0.717, 1.165) is 19.4 Å². The summed E-state index contributed by atoms with van der Waals surface area (Å²) in [5.74, 6) is -1.40. The molecule has 7 heteroatoms. The van der Waals surface area contributed by atoms with Gasteiger partial charge in [0.15, 0.2) is 5.70 Å². The minimum absolute atomic E-state index is 0.0170. The molecular formula is C18H17N5O2. The van der Waals surface area contributed by atoms with Gasteiger partial charge in [0.2, 0.25) is 11.8 Å². The van der Waals surface area contributed by atoms with Gasteiger partial charge < -0.3 is 4.90 Å². The lowest BCUT2D eigenvalue weighted by atomic mass is 9.89. The fraction of sp³-hybridized carbons (Fsp3) is 0.389. The normalized spacial score (nSPS) is 30.0. The van der Waals surface area contributed by atoms with Crippen molar-refractivity contribution in [2.45, 2.75) is 18.9 Å². The lowest BCUT2D eigenvalue weighted by molar-refractivity contribution is -0.138. The summed E-state index contributed by atoms with van der Waals surface area (Å²) in [5, 5.41) is 17.9. The Hall–Kier alpha value is -3.01. The summed E-state index contributed by atoms with van der Waals surface area (Å²) in [7, 11) is 1.51. The van der Waals surface area contributed by atoms with Crippen molar-refractivity contribution in [3.8, 4) is 6.07 Å². The lowest BCUT2D eigenvalue weighted by Crippen LogP contribution is -2.35. The van der Waals surface area contributed by atoms with E-state index in [9.17, 15) is 14.9 Å². The predicted molar refractivity (Wildman–Crippen MR) is 88.1 cm³/mol. The fourth-order valence-corrected chi connectivity index (χ4v) is 4.17. The molecule has 2 amide bonds. The minimum atomic E-state index is -0.604. The zero-order chi connectivity index (χ0) is 17.6. The first kappa shape index (κ1) is 15.5. The molecule has 3 fully saturated rings. The van der Waals surface area contributed by atoms with E-state index in [2.05, 4.69) is 16.3 Å². The Morgan fingerprint density at radius 1 is 1.24 bits per heavy atom. The summed E-state index contributed by atoms with van der Waals surface area (Å²) in [5.41, 5.74) is 1.33. The number of nitriles is 1. The van der Waals surface area contributed by atoms with E-state index in [1.165, 1.54) is 11.9 Å². The molecule has 3 saturated heterocycles. The maximum Gasteiger partial charge on any atom is 0.238 e. The largest absolute Gasteiger partial charge is 0.368 e. The zero-order valence-electron chi connectivity index (χ0n) is 13.8. The van der Waals surface area contributed by atoms with Crippen LogP contribution in [0.15, 0.2) is 52.0 Å². The quantitative estimate of drug-likeness (QED) is 0.471. The molecule has 3 aliphatic rings. The summed E-state index contributed by atoms with van der Waals surface area (Å²) >= 11 is 0. The highest BCUT2D eigenvalue weighted by Crippen LogP contribution is 2.49. The topological polar surface area (TPSA) is 89.1 Å². The Kier molecular flexibility index (Phi) is 3.61. The number of fused-ring (bicyclic) bond motifs is 3. The predicted octanol–water partition coefficient (Wildman–Crippen LogP) is 2.21. The van der Waals surface area contributed by atoms with Gasteiger partial charge in [0.1, 0.15) is 6.07 Å². The second kappa shape index (κ2) is 5.81. The van der Waals surface area contributed by atoms with Crippen LogP contribution in [0, 0.1) is 23.2 Å². The molecule has 0 radical (unpaired) electrons. The van der Waals surface area contributed by atoms with Crippen LogP contribution in [0.1, 0.15) is 12.8 Å². The Balaban J connectivity index is 1.79. The second-order valence-corrected chi connectivity index (χ2v) is 6.52. The highest BCUT2D eigenvalue weighted by molar-refractivity contribution is 6.07. The Bertz CT molecular complexity index is 839. The van der Waals surface area contributed by atoms with E-state index in [1.54, 1.807) is 12.1 Å². The highest BCUT2D eigenvalue weighted by atomic mass is 16.2. The van der Waals surface area contributed by atoms with Gasteiger partial charge in [0.05, 0.1) is 23.2 Å². The number of imide groups is 1. The molecule has 3 atom stereocenters. The Morgan fingerprint density at radius 3 is 2.72 bits per heavy atom. The Morgan fingerprint density at radius 2 is 2.00 bits per heavy atom. The SMILES string of the molecule is CN1C(=O)[C@@H]2[C@H](C1=O)/C(=C(\C#N)N=Nc1ccccc1)N1CCC[C@H]21. The van der Waals surface area contributed by atoms with Crippen LogP contribution in [0.2, 0.25) is 0 Å². The van der Waals surface area contributed by atoms with Gasteiger partial charge in [-0.25, -0.2) is 0 Å². The molecule has 1 aromatic rings. The molecule has 126 valence electrons. The first-order valence-corrected chi connectivity index (χ1v) is 8.32. The molecule has 25 heavy (non-hydrogen) atoms. The molecule has 1 aromatic carbocycles. The second-order valence-electron chi connectivity index (χ2n) is 6.52. The van der Waals surface area contributed by atoms with Crippen LogP contribution in [0.3, 0.4) is 0 Å². The van der Waals surface area contributed by atoms with Crippen LogP contribution >= 0.6 is 0 Å². The van der Waals surface area contributed by atoms with Crippen molar-refractivity contribution in [2.75, 3.05) is 13.6 Å². The average molecular weight is 335 g/mol. The lowest BCUT2D eigenvalue weighted by Gasteiger charge is -2.23. The van der Waals surface area contributed by atoms with Crippen molar-refractivity contribution in [1.29, 1.82) is 5.26 Å². The van der Waals surface area contributed by atoms with E-state index < -0.39 is 11.8 Å². The van der Waals surface area contributed by atoms with Crippen molar-refractivity contribution in [3.63, 3.8) is 0 Å². The van der Waals surface area contributed by atoms with E-state index in [1.807, 2.05) is 23.1 Å². The molecule has 0 saturated carbocycles. The maximum atomic E-state index is 12.6. The van der Waals surface area contributed by atoms with Gasteiger partial charge in [0, 0.05) is 19.6 Å². The number of hydrogen-bond acceptors (Lipinski definition) is 6. The van der Waals surface area contributed by atoms with Crippen molar-refractivity contribution in [3.05, 3.63) is 41.7 Å². The number of allylic oxidation sites excluding steroid dienone is 1. The number of rotatable bonds is 2. The molecule has 3 aliphatic heterocycles. The standard InChI is InChI=1S/C18H17N5O2/c1-22-17(24)14-13-8-5-9-23(13)16(15(14)18(22)25)12(10-19)21-20-11-6-3-2-4-7-11/h2-4,6-7,13-15H,5,8-9H2,1H3/b16-12-,21-20?/t13-,14+,15+/m1/s1.